The van der Waals surface area contributed by atoms with Crippen LogP contribution in [-0.2, 0) is 16.1 Å². The molecular formula is C27H36N2O3. The molecule has 172 valence electrons. The fourth-order valence-electron chi connectivity index (χ4n) is 4.29. The molecule has 0 spiro atoms. The van der Waals surface area contributed by atoms with Gasteiger partial charge in [-0.15, -0.1) is 0 Å². The molecule has 1 aliphatic rings. The molecule has 0 radical (unpaired) electrons. The number of nitrogens with one attached hydrogen (secondary N) is 1. The zero-order valence-electron chi connectivity index (χ0n) is 19.8. The zero-order valence-corrected chi connectivity index (χ0v) is 19.8. The van der Waals surface area contributed by atoms with Gasteiger partial charge in [0.15, 0.2) is 6.61 Å². The molecule has 1 atom stereocenters. The number of carbonyl (C=O) groups excluding carboxylic acids is 2. The van der Waals surface area contributed by atoms with Gasteiger partial charge in [-0.1, -0.05) is 74.7 Å². The molecule has 1 saturated carbocycles. The average molecular weight is 437 g/mol. The van der Waals surface area contributed by atoms with E-state index in [4.69, 9.17) is 4.74 Å². The van der Waals surface area contributed by atoms with Gasteiger partial charge in [0.2, 0.25) is 5.91 Å². The Morgan fingerprint density at radius 3 is 2.47 bits per heavy atom. The first-order valence-electron chi connectivity index (χ1n) is 11.7. The van der Waals surface area contributed by atoms with Gasteiger partial charge in [-0.3, -0.25) is 9.59 Å². The van der Waals surface area contributed by atoms with Crippen molar-refractivity contribution in [2.75, 3.05) is 6.61 Å². The third kappa shape index (κ3) is 6.35. The fourth-order valence-corrected chi connectivity index (χ4v) is 4.29. The highest BCUT2D eigenvalue weighted by atomic mass is 16.5. The van der Waals surface area contributed by atoms with Crippen molar-refractivity contribution in [2.45, 2.75) is 77.9 Å². The molecule has 3 rings (SSSR count). The van der Waals surface area contributed by atoms with Gasteiger partial charge in [-0.25, -0.2) is 0 Å². The number of nitrogens with zero attached hydrogens (tertiary/aromatic N) is 1. The summed E-state index contributed by atoms with van der Waals surface area (Å²) < 4.78 is 5.94. The van der Waals surface area contributed by atoms with Crippen molar-refractivity contribution in [3.8, 4) is 5.75 Å². The van der Waals surface area contributed by atoms with Crippen molar-refractivity contribution in [2.24, 2.45) is 0 Å². The average Bonchev–Trinajstić information content (AvgIpc) is 3.28. The summed E-state index contributed by atoms with van der Waals surface area (Å²) in [4.78, 5) is 27.9. The first-order chi connectivity index (χ1) is 15.3. The topological polar surface area (TPSA) is 58.6 Å². The maximum absolute atomic E-state index is 13.3. The van der Waals surface area contributed by atoms with Gasteiger partial charge in [-0.05, 0) is 49.8 Å². The Bertz CT molecular complexity index is 919. The smallest absolute Gasteiger partial charge is 0.261 e. The SMILES string of the molecule is Cc1cccc(CN(C(=O)COc2ccccc2C(C)C)C(C)C(=O)NC2CCCC2)c1. The molecule has 1 unspecified atom stereocenters. The second-order valence-corrected chi connectivity index (χ2v) is 9.16. The Labute approximate surface area is 192 Å². The summed E-state index contributed by atoms with van der Waals surface area (Å²) in [6.45, 7) is 8.30. The van der Waals surface area contributed by atoms with Crippen molar-refractivity contribution < 1.29 is 14.3 Å². The molecule has 1 N–H and O–H groups in total. The molecule has 0 aromatic heterocycles. The lowest BCUT2D eigenvalue weighted by Gasteiger charge is -2.30. The number of rotatable bonds is 9. The maximum atomic E-state index is 13.3. The van der Waals surface area contributed by atoms with E-state index in [0.717, 1.165) is 48.1 Å². The molecule has 5 nitrogen and oxygen atoms in total. The Morgan fingerprint density at radius 2 is 1.78 bits per heavy atom. The summed E-state index contributed by atoms with van der Waals surface area (Å²) in [5.41, 5.74) is 3.19. The van der Waals surface area contributed by atoms with E-state index in [1.807, 2.05) is 49.4 Å². The minimum atomic E-state index is -0.576. The van der Waals surface area contributed by atoms with Crippen LogP contribution >= 0.6 is 0 Å². The van der Waals surface area contributed by atoms with Crippen molar-refractivity contribution >= 4 is 11.8 Å². The minimum Gasteiger partial charge on any atom is -0.483 e. The van der Waals surface area contributed by atoms with Crippen LogP contribution in [0.2, 0.25) is 0 Å². The summed E-state index contributed by atoms with van der Waals surface area (Å²) in [6.07, 6.45) is 4.32. The van der Waals surface area contributed by atoms with Crippen molar-refractivity contribution in [3.63, 3.8) is 0 Å². The van der Waals surface area contributed by atoms with Crippen molar-refractivity contribution in [1.82, 2.24) is 10.2 Å². The number of ether oxygens (including phenoxy) is 1. The molecule has 2 aromatic rings. The predicted molar refractivity (Wildman–Crippen MR) is 128 cm³/mol. The molecule has 0 bridgehead atoms. The van der Waals surface area contributed by atoms with E-state index in [1.165, 1.54) is 0 Å². The predicted octanol–water partition coefficient (Wildman–Crippen LogP) is 4.97. The first kappa shape index (κ1) is 23.8. The minimum absolute atomic E-state index is 0.0968. The van der Waals surface area contributed by atoms with Gasteiger partial charge >= 0.3 is 0 Å². The highest BCUT2D eigenvalue weighted by molar-refractivity contribution is 5.88. The van der Waals surface area contributed by atoms with Gasteiger partial charge in [0.25, 0.3) is 5.91 Å². The number of hydrogen-bond donors (Lipinski definition) is 1. The summed E-state index contributed by atoms with van der Waals surface area (Å²) in [5, 5.41) is 3.14. The van der Waals surface area contributed by atoms with Crippen LogP contribution in [0.15, 0.2) is 48.5 Å². The Morgan fingerprint density at radius 1 is 1.06 bits per heavy atom. The lowest BCUT2D eigenvalue weighted by molar-refractivity contribution is -0.142. The number of para-hydroxylation sites is 1. The van der Waals surface area contributed by atoms with E-state index in [-0.39, 0.29) is 24.5 Å². The van der Waals surface area contributed by atoms with E-state index in [9.17, 15) is 9.59 Å². The van der Waals surface area contributed by atoms with Gasteiger partial charge in [0.05, 0.1) is 0 Å². The normalized spacial score (nSPS) is 14.9. The van der Waals surface area contributed by atoms with E-state index in [2.05, 4.69) is 25.2 Å². The molecule has 2 amide bonds. The number of hydrogen-bond acceptors (Lipinski definition) is 3. The summed E-state index contributed by atoms with van der Waals surface area (Å²) in [5.74, 6) is 0.717. The largest absolute Gasteiger partial charge is 0.483 e. The quantitative estimate of drug-likeness (QED) is 0.604. The Hall–Kier alpha value is -2.82. The monoisotopic (exact) mass is 436 g/mol. The van der Waals surface area contributed by atoms with Gasteiger partial charge in [-0.2, -0.15) is 0 Å². The van der Waals surface area contributed by atoms with E-state index < -0.39 is 6.04 Å². The zero-order chi connectivity index (χ0) is 23.1. The maximum Gasteiger partial charge on any atom is 0.261 e. The van der Waals surface area contributed by atoms with Crippen LogP contribution < -0.4 is 10.1 Å². The second kappa shape index (κ2) is 11.2. The number of benzene rings is 2. The van der Waals surface area contributed by atoms with Crippen molar-refractivity contribution in [3.05, 3.63) is 65.2 Å². The summed E-state index contributed by atoms with van der Waals surface area (Å²) in [7, 11) is 0. The van der Waals surface area contributed by atoms with E-state index in [1.54, 1.807) is 11.8 Å². The van der Waals surface area contributed by atoms with Crippen LogP contribution in [0.1, 0.15) is 69.1 Å². The lowest BCUT2D eigenvalue weighted by Crippen LogP contribution is -2.50. The van der Waals surface area contributed by atoms with Crippen LogP contribution in [0.25, 0.3) is 0 Å². The van der Waals surface area contributed by atoms with E-state index in [0.29, 0.717) is 12.5 Å². The summed E-state index contributed by atoms with van der Waals surface area (Å²) in [6, 6.07) is 15.5. The first-order valence-corrected chi connectivity index (χ1v) is 11.7. The molecule has 0 heterocycles. The van der Waals surface area contributed by atoms with Gasteiger partial charge < -0.3 is 15.0 Å². The highest BCUT2D eigenvalue weighted by Crippen LogP contribution is 2.26. The third-order valence-corrected chi connectivity index (χ3v) is 6.20. The molecule has 0 aliphatic heterocycles. The van der Waals surface area contributed by atoms with Crippen LogP contribution in [0.5, 0.6) is 5.75 Å². The molecule has 2 aromatic carbocycles. The Kier molecular flexibility index (Phi) is 8.32. The molecular weight excluding hydrogens is 400 g/mol. The third-order valence-electron chi connectivity index (χ3n) is 6.20. The second-order valence-electron chi connectivity index (χ2n) is 9.16. The number of amides is 2. The number of carbonyl (C=O) groups is 2. The lowest BCUT2D eigenvalue weighted by atomic mass is 10.0. The van der Waals surface area contributed by atoms with Gasteiger partial charge in [0.1, 0.15) is 11.8 Å². The fraction of sp³-hybridized carbons (Fsp3) is 0.481. The van der Waals surface area contributed by atoms with Crippen molar-refractivity contribution in [1.29, 1.82) is 0 Å². The molecule has 32 heavy (non-hydrogen) atoms. The Balaban J connectivity index is 1.74. The molecule has 5 heteroatoms. The van der Waals surface area contributed by atoms with Crippen LogP contribution in [0.3, 0.4) is 0 Å². The molecule has 1 aliphatic carbocycles. The standard InChI is InChI=1S/C27H36N2O3/c1-19(2)24-14-7-8-15-25(24)32-18-26(30)29(17-22-11-9-10-20(3)16-22)21(4)27(31)28-23-12-5-6-13-23/h7-11,14-16,19,21,23H,5-6,12-13,17-18H2,1-4H3,(H,28,31). The highest BCUT2D eigenvalue weighted by Gasteiger charge is 2.29. The van der Waals surface area contributed by atoms with Crippen LogP contribution in [0.4, 0.5) is 0 Å². The summed E-state index contributed by atoms with van der Waals surface area (Å²) >= 11 is 0. The van der Waals surface area contributed by atoms with Crippen LogP contribution in [-0.4, -0.2) is 35.4 Å². The number of aryl methyl sites for hydroxylation is 1. The van der Waals surface area contributed by atoms with Crippen LogP contribution in [0, 0.1) is 6.92 Å². The van der Waals surface area contributed by atoms with E-state index >= 15 is 0 Å². The molecule has 0 saturated heterocycles. The van der Waals surface area contributed by atoms with Gasteiger partial charge in [0, 0.05) is 12.6 Å². The molecule has 1 fully saturated rings.